The van der Waals surface area contributed by atoms with Crippen molar-refractivity contribution in [1.82, 2.24) is 10.1 Å². The number of rotatable bonds is 1. The second-order valence-corrected chi connectivity index (χ2v) is 3.30. The number of aromatic nitrogens is 2. The Morgan fingerprint density at radius 1 is 1.19 bits per heavy atom. The predicted octanol–water partition coefficient (Wildman–Crippen LogP) is 0.801. The minimum atomic E-state index is -0.579. The molecule has 1 N–H and O–H groups in total. The Morgan fingerprint density at radius 3 is 2.75 bits per heavy atom. The topological polar surface area (TPSA) is 77.4 Å². The molecule has 0 fully saturated rings. The normalized spacial score (nSPS) is 13.8. The largest absolute Gasteiger partial charge is 0.486 e. The summed E-state index contributed by atoms with van der Waals surface area (Å²) < 4.78 is 15.2. The number of ether oxygens (including phenoxy) is 2. The highest BCUT2D eigenvalue weighted by molar-refractivity contribution is 5.60. The molecule has 0 aliphatic carbocycles. The van der Waals surface area contributed by atoms with Crippen molar-refractivity contribution in [3.05, 3.63) is 28.7 Å². The Kier molecular flexibility index (Phi) is 1.92. The van der Waals surface area contributed by atoms with Gasteiger partial charge in [-0.2, -0.15) is 0 Å². The van der Waals surface area contributed by atoms with Crippen molar-refractivity contribution < 1.29 is 14.0 Å². The highest BCUT2D eigenvalue weighted by Gasteiger charge is 2.13. The molecule has 0 unspecified atom stereocenters. The second kappa shape index (κ2) is 3.41. The quantitative estimate of drug-likeness (QED) is 0.769. The minimum Gasteiger partial charge on any atom is -0.486 e. The third-order valence-corrected chi connectivity index (χ3v) is 2.26. The molecule has 6 heteroatoms. The van der Waals surface area contributed by atoms with Crippen LogP contribution in [0.15, 0.2) is 27.5 Å². The molecule has 0 radical (unpaired) electrons. The molecule has 1 aliphatic rings. The first-order valence-electron chi connectivity index (χ1n) is 4.79. The second-order valence-electron chi connectivity index (χ2n) is 3.30. The van der Waals surface area contributed by atoms with Crippen molar-refractivity contribution in [2.75, 3.05) is 13.2 Å². The van der Waals surface area contributed by atoms with Gasteiger partial charge in [-0.25, -0.2) is 4.79 Å². The monoisotopic (exact) mass is 220 g/mol. The maximum atomic E-state index is 10.8. The van der Waals surface area contributed by atoms with Crippen LogP contribution in [-0.2, 0) is 0 Å². The summed E-state index contributed by atoms with van der Waals surface area (Å²) in [6.07, 6.45) is 0. The van der Waals surface area contributed by atoms with E-state index in [4.69, 9.17) is 9.47 Å². The number of hydrogen-bond acceptors (Lipinski definition) is 5. The zero-order chi connectivity index (χ0) is 11.0. The van der Waals surface area contributed by atoms with Gasteiger partial charge in [0.25, 0.3) is 0 Å². The van der Waals surface area contributed by atoms with E-state index in [1.165, 1.54) is 0 Å². The van der Waals surface area contributed by atoms with Gasteiger partial charge in [-0.3, -0.25) is 9.51 Å². The van der Waals surface area contributed by atoms with Crippen LogP contribution in [0.1, 0.15) is 0 Å². The third kappa shape index (κ3) is 1.44. The number of fused-ring (bicyclic) bond motifs is 1. The highest BCUT2D eigenvalue weighted by atomic mass is 16.6. The number of nitrogens with zero attached hydrogens (tertiary/aromatic N) is 1. The van der Waals surface area contributed by atoms with Crippen LogP contribution in [0.5, 0.6) is 11.5 Å². The number of nitrogens with one attached hydrogen (secondary N) is 1. The Bertz CT molecular complexity index is 572. The summed E-state index contributed by atoms with van der Waals surface area (Å²) in [6.45, 7) is 1.07. The first kappa shape index (κ1) is 9.02. The molecule has 1 aromatic carbocycles. The van der Waals surface area contributed by atoms with E-state index in [2.05, 4.69) is 14.7 Å². The van der Waals surface area contributed by atoms with Crippen molar-refractivity contribution in [3.63, 3.8) is 0 Å². The summed E-state index contributed by atoms with van der Waals surface area (Å²) in [5.74, 6) is 1.14. The van der Waals surface area contributed by atoms with Crippen LogP contribution in [0.2, 0.25) is 0 Å². The lowest BCUT2D eigenvalue weighted by Gasteiger charge is -2.18. The van der Waals surface area contributed by atoms with Gasteiger partial charge < -0.3 is 9.47 Å². The predicted molar refractivity (Wildman–Crippen MR) is 53.5 cm³/mol. The number of hydrogen-bond donors (Lipinski definition) is 1. The SMILES string of the molecule is O=c1[nH]c(-c2ccc3c(c2)OCCO3)no1. The van der Waals surface area contributed by atoms with E-state index in [9.17, 15) is 4.79 Å². The molecule has 0 bridgehead atoms. The lowest BCUT2D eigenvalue weighted by atomic mass is 10.2. The zero-order valence-electron chi connectivity index (χ0n) is 8.23. The van der Waals surface area contributed by atoms with Gasteiger partial charge in [-0.1, -0.05) is 5.16 Å². The van der Waals surface area contributed by atoms with E-state index < -0.39 is 5.76 Å². The van der Waals surface area contributed by atoms with Crippen molar-refractivity contribution >= 4 is 0 Å². The molecular formula is C10H8N2O4. The Labute approximate surface area is 89.8 Å². The molecule has 0 spiro atoms. The summed E-state index contributed by atoms with van der Waals surface area (Å²) in [4.78, 5) is 13.3. The number of benzene rings is 1. The van der Waals surface area contributed by atoms with Gasteiger partial charge in [0.1, 0.15) is 13.2 Å². The van der Waals surface area contributed by atoms with Crippen LogP contribution in [-0.4, -0.2) is 23.4 Å². The fourth-order valence-corrected chi connectivity index (χ4v) is 1.54. The first-order chi connectivity index (χ1) is 7.83. The van der Waals surface area contributed by atoms with Crippen molar-refractivity contribution in [2.24, 2.45) is 0 Å². The molecule has 82 valence electrons. The fraction of sp³-hybridized carbons (Fsp3) is 0.200. The van der Waals surface area contributed by atoms with Gasteiger partial charge in [0.05, 0.1) is 0 Å². The molecule has 16 heavy (non-hydrogen) atoms. The Balaban J connectivity index is 2.06. The maximum Gasteiger partial charge on any atom is 0.439 e. The van der Waals surface area contributed by atoms with E-state index in [1.54, 1.807) is 18.2 Å². The first-order valence-corrected chi connectivity index (χ1v) is 4.79. The molecule has 3 rings (SSSR count). The molecule has 2 aromatic rings. The van der Waals surface area contributed by atoms with Gasteiger partial charge in [-0.05, 0) is 18.2 Å². The van der Waals surface area contributed by atoms with E-state index in [1.807, 2.05) is 0 Å². The van der Waals surface area contributed by atoms with Crippen molar-refractivity contribution in [1.29, 1.82) is 0 Å². The number of H-pyrrole nitrogens is 1. The Hall–Kier alpha value is -2.24. The standard InChI is InChI=1S/C10H8N2O4/c13-10-11-9(12-16-10)6-1-2-7-8(5-6)15-4-3-14-7/h1-2,5H,3-4H2,(H,11,12,13). The molecular weight excluding hydrogens is 212 g/mol. The fourth-order valence-electron chi connectivity index (χ4n) is 1.54. The van der Waals surface area contributed by atoms with Gasteiger partial charge >= 0.3 is 5.76 Å². The van der Waals surface area contributed by atoms with Gasteiger partial charge in [0.2, 0.25) is 0 Å². The smallest absolute Gasteiger partial charge is 0.439 e. The Morgan fingerprint density at radius 2 is 2.00 bits per heavy atom. The van der Waals surface area contributed by atoms with E-state index in [0.29, 0.717) is 30.5 Å². The summed E-state index contributed by atoms with van der Waals surface area (Å²) in [6, 6.07) is 5.31. The number of aromatic amines is 1. The third-order valence-electron chi connectivity index (χ3n) is 2.26. The van der Waals surface area contributed by atoms with Crippen LogP contribution in [0, 0.1) is 0 Å². The zero-order valence-corrected chi connectivity index (χ0v) is 8.23. The van der Waals surface area contributed by atoms with E-state index >= 15 is 0 Å². The van der Waals surface area contributed by atoms with E-state index in [0.717, 1.165) is 5.56 Å². The molecule has 1 aromatic heterocycles. The van der Waals surface area contributed by atoms with Crippen LogP contribution in [0.3, 0.4) is 0 Å². The van der Waals surface area contributed by atoms with Gasteiger partial charge in [0.15, 0.2) is 17.3 Å². The average molecular weight is 220 g/mol. The molecule has 1 aliphatic heterocycles. The summed E-state index contributed by atoms with van der Waals surface area (Å²) >= 11 is 0. The highest BCUT2D eigenvalue weighted by Crippen LogP contribution is 2.33. The average Bonchev–Trinajstić information content (AvgIpc) is 2.75. The van der Waals surface area contributed by atoms with Crippen molar-refractivity contribution in [3.8, 4) is 22.9 Å². The van der Waals surface area contributed by atoms with Crippen LogP contribution in [0.25, 0.3) is 11.4 Å². The van der Waals surface area contributed by atoms with Crippen LogP contribution >= 0.6 is 0 Å². The van der Waals surface area contributed by atoms with Crippen LogP contribution < -0.4 is 15.2 Å². The van der Waals surface area contributed by atoms with E-state index in [-0.39, 0.29) is 0 Å². The van der Waals surface area contributed by atoms with Crippen molar-refractivity contribution in [2.45, 2.75) is 0 Å². The lowest BCUT2D eigenvalue weighted by Crippen LogP contribution is -2.15. The van der Waals surface area contributed by atoms with Gasteiger partial charge in [0, 0.05) is 5.56 Å². The molecule has 6 nitrogen and oxygen atoms in total. The molecule has 2 heterocycles. The minimum absolute atomic E-state index is 0.377. The molecule has 0 amide bonds. The summed E-state index contributed by atoms with van der Waals surface area (Å²) in [5, 5.41) is 3.60. The lowest BCUT2D eigenvalue weighted by molar-refractivity contribution is 0.171. The molecule has 0 saturated carbocycles. The maximum absolute atomic E-state index is 10.8. The molecule has 0 saturated heterocycles. The van der Waals surface area contributed by atoms with Gasteiger partial charge in [-0.15, -0.1) is 0 Å². The summed E-state index contributed by atoms with van der Waals surface area (Å²) in [5.41, 5.74) is 0.718. The summed E-state index contributed by atoms with van der Waals surface area (Å²) in [7, 11) is 0. The molecule has 0 atom stereocenters. The van der Waals surface area contributed by atoms with Crippen LogP contribution in [0.4, 0.5) is 0 Å².